The Morgan fingerprint density at radius 1 is 1.04 bits per heavy atom. The van der Waals surface area contributed by atoms with Crippen LogP contribution in [0.5, 0.6) is 0 Å². The molecule has 23 heavy (non-hydrogen) atoms. The number of anilines is 2. The smallest absolute Gasteiger partial charge is 0.278 e. The number of hydrogen-bond acceptors (Lipinski definition) is 4. The van der Waals surface area contributed by atoms with Gasteiger partial charge in [-0.25, -0.2) is 4.98 Å². The average molecular weight is 307 g/mol. The van der Waals surface area contributed by atoms with E-state index in [-0.39, 0.29) is 11.6 Å². The van der Waals surface area contributed by atoms with E-state index in [1.165, 1.54) is 6.39 Å². The quantitative estimate of drug-likeness (QED) is 0.799. The molecule has 0 bridgehead atoms. The number of nitrogens with zero attached hydrogens (tertiary/aromatic N) is 2. The fraction of sp³-hybridized carbons (Fsp3) is 0.111. The molecule has 5 heteroatoms. The van der Waals surface area contributed by atoms with Crippen LogP contribution in [0, 0.1) is 0 Å². The zero-order valence-corrected chi connectivity index (χ0v) is 13.0. The second kappa shape index (κ2) is 6.36. The van der Waals surface area contributed by atoms with Crippen molar-refractivity contribution in [1.82, 2.24) is 4.98 Å². The van der Waals surface area contributed by atoms with Gasteiger partial charge in [-0.3, -0.25) is 4.79 Å². The van der Waals surface area contributed by atoms with Crippen LogP contribution in [-0.4, -0.2) is 25.0 Å². The molecule has 1 amide bonds. The Bertz CT molecular complexity index is 793. The monoisotopic (exact) mass is 307 g/mol. The molecule has 1 heterocycles. The maximum atomic E-state index is 12.4. The minimum Gasteiger partial charge on any atom is -0.443 e. The molecule has 5 nitrogen and oxygen atoms in total. The maximum Gasteiger partial charge on any atom is 0.278 e. The Hall–Kier alpha value is -3.08. The second-order valence-electron chi connectivity index (χ2n) is 5.29. The van der Waals surface area contributed by atoms with Gasteiger partial charge in [0.25, 0.3) is 5.91 Å². The number of amides is 1. The van der Waals surface area contributed by atoms with E-state index < -0.39 is 0 Å². The number of nitrogens with one attached hydrogen (secondary N) is 1. The van der Waals surface area contributed by atoms with Gasteiger partial charge in [-0.2, -0.15) is 0 Å². The number of hydrogen-bond donors (Lipinski definition) is 1. The van der Waals surface area contributed by atoms with E-state index in [1.54, 1.807) is 0 Å². The molecule has 0 saturated carbocycles. The van der Waals surface area contributed by atoms with Crippen LogP contribution in [0.25, 0.3) is 11.3 Å². The molecule has 0 aliphatic carbocycles. The van der Waals surface area contributed by atoms with Crippen LogP contribution in [0.1, 0.15) is 10.5 Å². The van der Waals surface area contributed by atoms with Crippen molar-refractivity contribution in [3.05, 3.63) is 66.7 Å². The van der Waals surface area contributed by atoms with Gasteiger partial charge in [0.15, 0.2) is 17.8 Å². The van der Waals surface area contributed by atoms with Gasteiger partial charge < -0.3 is 14.6 Å². The summed E-state index contributed by atoms with van der Waals surface area (Å²) in [4.78, 5) is 18.5. The minimum atomic E-state index is -0.296. The lowest BCUT2D eigenvalue weighted by Gasteiger charge is -2.12. The Morgan fingerprint density at radius 3 is 2.39 bits per heavy atom. The molecule has 0 aliphatic rings. The zero-order valence-electron chi connectivity index (χ0n) is 13.0. The topological polar surface area (TPSA) is 58.4 Å². The molecule has 0 unspecified atom stereocenters. The normalized spacial score (nSPS) is 10.3. The van der Waals surface area contributed by atoms with Crippen molar-refractivity contribution in [3.63, 3.8) is 0 Å². The molecule has 0 atom stereocenters. The lowest BCUT2D eigenvalue weighted by atomic mass is 10.1. The number of carbonyl (C=O) groups is 1. The highest BCUT2D eigenvalue weighted by atomic mass is 16.3. The van der Waals surface area contributed by atoms with Crippen molar-refractivity contribution in [1.29, 1.82) is 0 Å². The largest absolute Gasteiger partial charge is 0.443 e. The third-order valence-electron chi connectivity index (χ3n) is 3.46. The summed E-state index contributed by atoms with van der Waals surface area (Å²) in [5.74, 6) is 0.170. The van der Waals surface area contributed by atoms with E-state index in [0.717, 1.165) is 11.3 Å². The summed E-state index contributed by atoms with van der Waals surface area (Å²) in [6.07, 6.45) is 1.28. The number of benzene rings is 2. The fourth-order valence-corrected chi connectivity index (χ4v) is 2.24. The molecule has 116 valence electrons. The van der Waals surface area contributed by atoms with Crippen molar-refractivity contribution in [3.8, 4) is 11.3 Å². The van der Waals surface area contributed by atoms with Crippen LogP contribution >= 0.6 is 0 Å². The molecule has 0 fully saturated rings. The van der Waals surface area contributed by atoms with Crippen LogP contribution in [0.2, 0.25) is 0 Å². The summed E-state index contributed by atoms with van der Waals surface area (Å²) in [7, 11) is 3.93. The van der Waals surface area contributed by atoms with Crippen molar-refractivity contribution in [2.75, 3.05) is 24.3 Å². The van der Waals surface area contributed by atoms with E-state index >= 15 is 0 Å². The van der Waals surface area contributed by atoms with Crippen LogP contribution in [-0.2, 0) is 0 Å². The first kappa shape index (κ1) is 14.8. The van der Waals surface area contributed by atoms with Crippen molar-refractivity contribution in [2.24, 2.45) is 0 Å². The minimum absolute atomic E-state index is 0.271. The predicted octanol–water partition coefficient (Wildman–Crippen LogP) is 3.66. The van der Waals surface area contributed by atoms with Crippen molar-refractivity contribution >= 4 is 17.3 Å². The molecular formula is C18H17N3O2. The van der Waals surface area contributed by atoms with Gasteiger partial charge in [-0.05, 0) is 24.3 Å². The Labute approximate surface area is 134 Å². The first-order valence-electron chi connectivity index (χ1n) is 7.23. The summed E-state index contributed by atoms with van der Waals surface area (Å²) in [5, 5.41) is 2.84. The molecule has 0 aliphatic heterocycles. The number of rotatable bonds is 4. The fourth-order valence-electron chi connectivity index (χ4n) is 2.24. The maximum absolute atomic E-state index is 12.4. The third-order valence-corrected chi connectivity index (χ3v) is 3.46. The molecule has 0 spiro atoms. The van der Waals surface area contributed by atoms with Crippen molar-refractivity contribution in [2.45, 2.75) is 0 Å². The molecule has 3 aromatic rings. The molecule has 3 rings (SSSR count). The van der Waals surface area contributed by atoms with Crippen molar-refractivity contribution < 1.29 is 9.21 Å². The van der Waals surface area contributed by atoms with Crippen LogP contribution < -0.4 is 10.2 Å². The van der Waals surface area contributed by atoms with E-state index in [9.17, 15) is 4.79 Å². The molecular weight excluding hydrogens is 290 g/mol. The van der Waals surface area contributed by atoms with E-state index in [0.29, 0.717) is 11.4 Å². The van der Waals surface area contributed by atoms with Gasteiger partial charge in [0.2, 0.25) is 0 Å². The van der Waals surface area contributed by atoms with Crippen LogP contribution in [0.15, 0.2) is 65.4 Å². The third kappa shape index (κ3) is 3.23. The van der Waals surface area contributed by atoms with E-state index in [2.05, 4.69) is 10.3 Å². The highest BCUT2D eigenvalue weighted by Crippen LogP contribution is 2.24. The first-order chi connectivity index (χ1) is 11.1. The van der Waals surface area contributed by atoms with E-state index in [4.69, 9.17) is 4.42 Å². The lowest BCUT2D eigenvalue weighted by molar-refractivity contribution is 0.102. The van der Waals surface area contributed by atoms with Gasteiger partial charge in [-0.15, -0.1) is 0 Å². The number of oxazole rings is 1. The highest BCUT2D eigenvalue weighted by Gasteiger charge is 2.18. The van der Waals surface area contributed by atoms with Gasteiger partial charge >= 0.3 is 0 Å². The summed E-state index contributed by atoms with van der Waals surface area (Å²) in [5.41, 5.74) is 2.86. The summed E-state index contributed by atoms with van der Waals surface area (Å²) in [6.45, 7) is 0. The molecule has 2 aromatic carbocycles. The van der Waals surface area contributed by atoms with Gasteiger partial charge in [0.05, 0.1) is 0 Å². The number of carbonyl (C=O) groups excluding carboxylic acids is 1. The van der Waals surface area contributed by atoms with Crippen LogP contribution in [0.3, 0.4) is 0 Å². The second-order valence-corrected chi connectivity index (χ2v) is 5.29. The first-order valence-corrected chi connectivity index (χ1v) is 7.23. The Kier molecular flexibility index (Phi) is 4.10. The summed E-state index contributed by atoms with van der Waals surface area (Å²) in [6, 6.07) is 17.0. The molecule has 1 aromatic heterocycles. The summed E-state index contributed by atoms with van der Waals surface area (Å²) >= 11 is 0. The zero-order chi connectivity index (χ0) is 16.2. The van der Waals surface area contributed by atoms with Crippen LogP contribution in [0.4, 0.5) is 11.4 Å². The number of aromatic nitrogens is 1. The highest BCUT2D eigenvalue weighted by molar-refractivity contribution is 6.06. The summed E-state index contributed by atoms with van der Waals surface area (Å²) < 4.78 is 5.38. The lowest BCUT2D eigenvalue weighted by Crippen LogP contribution is -2.14. The average Bonchev–Trinajstić information content (AvgIpc) is 3.06. The SMILES string of the molecule is CN(C)c1ccc(NC(=O)c2ncoc2-c2ccccc2)cc1. The standard InChI is InChI=1S/C18H17N3O2/c1-21(2)15-10-8-14(9-11-15)20-18(22)16-17(23-12-19-16)13-6-4-3-5-7-13/h3-12H,1-2H3,(H,20,22). The van der Waals surface area contributed by atoms with Gasteiger partial charge in [-0.1, -0.05) is 30.3 Å². The molecule has 0 radical (unpaired) electrons. The molecule has 1 N–H and O–H groups in total. The van der Waals surface area contributed by atoms with E-state index in [1.807, 2.05) is 73.6 Å². The van der Waals surface area contributed by atoms with Gasteiger partial charge in [0.1, 0.15) is 0 Å². The Morgan fingerprint density at radius 2 is 1.74 bits per heavy atom. The Balaban J connectivity index is 1.81. The molecule has 0 saturated heterocycles. The predicted molar refractivity (Wildman–Crippen MR) is 90.7 cm³/mol. The van der Waals surface area contributed by atoms with Gasteiger partial charge in [0, 0.05) is 31.0 Å².